The molecule has 1 N–H and O–H groups in total. The molecule has 4 nitrogen and oxygen atoms in total. The van der Waals surface area contributed by atoms with Crippen molar-refractivity contribution >= 4 is 6.08 Å². The minimum Gasteiger partial charge on any atom is -0.313 e. The van der Waals surface area contributed by atoms with Gasteiger partial charge < -0.3 is 5.32 Å². The first-order chi connectivity index (χ1) is 9.29. The predicted octanol–water partition coefficient (Wildman–Crippen LogP) is 2.67. The standard InChI is InChI=1S/C15H20N4/c1-3-9-16-11-13(2)10-14-12-17-19(18-14)15-7-5-4-6-8-15/h4-8,10,12,16H,3,9,11H2,1-2H3. The summed E-state index contributed by atoms with van der Waals surface area (Å²) in [6.45, 7) is 6.20. The summed E-state index contributed by atoms with van der Waals surface area (Å²) in [6.07, 6.45) is 5.00. The first-order valence-electron chi connectivity index (χ1n) is 6.65. The Balaban J connectivity index is 2.03. The second kappa shape index (κ2) is 6.85. The molecule has 4 heteroatoms. The van der Waals surface area contributed by atoms with E-state index >= 15 is 0 Å². The van der Waals surface area contributed by atoms with Crippen molar-refractivity contribution in [2.45, 2.75) is 20.3 Å². The van der Waals surface area contributed by atoms with Crippen LogP contribution in [0.1, 0.15) is 26.0 Å². The molecule has 1 aromatic carbocycles. The van der Waals surface area contributed by atoms with Crippen LogP contribution in [0.15, 0.2) is 42.1 Å². The van der Waals surface area contributed by atoms with Crippen LogP contribution in [0.2, 0.25) is 0 Å². The Kier molecular flexibility index (Phi) is 4.86. The van der Waals surface area contributed by atoms with E-state index < -0.39 is 0 Å². The minimum absolute atomic E-state index is 0.889. The number of benzene rings is 1. The molecule has 2 rings (SSSR count). The molecule has 0 spiro atoms. The molecule has 0 aliphatic rings. The van der Waals surface area contributed by atoms with Crippen LogP contribution in [0.3, 0.4) is 0 Å². The highest BCUT2D eigenvalue weighted by Crippen LogP contribution is 2.06. The quantitative estimate of drug-likeness (QED) is 0.808. The van der Waals surface area contributed by atoms with E-state index in [4.69, 9.17) is 0 Å². The topological polar surface area (TPSA) is 42.7 Å². The lowest BCUT2D eigenvalue weighted by Gasteiger charge is -2.01. The summed E-state index contributed by atoms with van der Waals surface area (Å²) >= 11 is 0. The van der Waals surface area contributed by atoms with Gasteiger partial charge in [-0.3, -0.25) is 0 Å². The number of nitrogens with one attached hydrogen (secondary N) is 1. The number of aromatic nitrogens is 3. The maximum Gasteiger partial charge on any atom is 0.106 e. The zero-order chi connectivity index (χ0) is 13.5. The van der Waals surface area contributed by atoms with Gasteiger partial charge >= 0.3 is 0 Å². The van der Waals surface area contributed by atoms with Gasteiger partial charge in [0, 0.05) is 6.54 Å². The molecule has 0 aliphatic heterocycles. The average Bonchev–Trinajstić information content (AvgIpc) is 2.88. The van der Waals surface area contributed by atoms with E-state index in [1.165, 1.54) is 5.57 Å². The average molecular weight is 256 g/mol. The molecule has 0 fully saturated rings. The van der Waals surface area contributed by atoms with Crippen LogP contribution < -0.4 is 5.32 Å². The van der Waals surface area contributed by atoms with Gasteiger partial charge in [0.05, 0.1) is 11.9 Å². The molecule has 0 saturated heterocycles. The largest absolute Gasteiger partial charge is 0.313 e. The van der Waals surface area contributed by atoms with E-state index in [0.717, 1.165) is 30.9 Å². The Hall–Kier alpha value is -1.94. The highest BCUT2D eigenvalue weighted by atomic mass is 15.5. The SMILES string of the molecule is CCCNCC(C)=Cc1cnn(-c2ccccc2)n1. The summed E-state index contributed by atoms with van der Waals surface area (Å²) in [4.78, 5) is 1.65. The van der Waals surface area contributed by atoms with Crippen LogP contribution in [0.4, 0.5) is 0 Å². The third-order valence-electron chi connectivity index (χ3n) is 2.72. The van der Waals surface area contributed by atoms with Gasteiger partial charge in [-0.2, -0.15) is 9.90 Å². The lowest BCUT2D eigenvalue weighted by molar-refractivity contribution is 0.715. The van der Waals surface area contributed by atoms with Crippen molar-refractivity contribution in [2.75, 3.05) is 13.1 Å². The van der Waals surface area contributed by atoms with Crippen molar-refractivity contribution in [3.63, 3.8) is 0 Å². The van der Waals surface area contributed by atoms with Gasteiger partial charge in [0.2, 0.25) is 0 Å². The van der Waals surface area contributed by atoms with Crippen LogP contribution in [-0.4, -0.2) is 28.1 Å². The zero-order valence-corrected chi connectivity index (χ0v) is 11.5. The Morgan fingerprint density at radius 1 is 1.32 bits per heavy atom. The van der Waals surface area contributed by atoms with Crippen LogP contribution in [0.25, 0.3) is 11.8 Å². The number of para-hydroxylation sites is 1. The van der Waals surface area contributed by atoms with Crippen LogP contribution in [0, 0.1) is 0 Å². The molecule has 0 bridgehead atoms. The highest BCUT2D eigenvalue weighted by molar-refractivity contribution is 5.47. The molecule has 0 saturated carbocycles. The van der Waals surface area contributed by atoms with Crippen molar-refractivity contribution in [1.82, 2.24) is 20.3 Å². The third kappa shape index (κ3) is 4.03. The molecular weight excluding hydrogens is 236 g/mol. The summed E-state index contributed by atoms with van der Waals surface area (Å²) in [6, 6.07) is 9.92. The number of rotatable bonds is 6. The van der Waals surface area contributed by atoms with Gasteiger partial charge in [0.15, 0.2) is 0 Å². The minimum atomic E-state index is 0.889. The summed E-state index contributed by atoms with van der Waals surface area (Å²) in [5.74, 6) is 0. The molecule has 2 aromatic rings. The lowest BCUT2D eigenvalue weighted by Crippen LogP contribution is -2.16. The van der Waals surface area contributed by atoms with Gasteiger partial charge in [-0.05, 0) is 38.1 Å². The molecule has 100 valence electrons. The zero-order valence-electron chi connectivity index (χ0n) is 11.5. The van der Waals surface area contributed by atoms with Crippen LogP contribution in [-0.2, 0) is 0 Å². The lowest BCUT2D eigenvalue weighted by atomic mass is 10.2. The van der Waals surface area contributed by atoms with Gasteiger partial charge in [-0.25, -0.2) is 0 Å². The Morgan fingerprint density at radius 2 is 2.11 bits per heavy atom. The van der Waals surface area contributed by atoms with Gasteiger partial charge in [-0.1, -0.05) is 30.7 Å². The molecule has 1 aromatic heterocycles. The molecule has 0 amide bonds. The molecule has 1 heterocycles. The molecular formula is C15H20N4. The summed E-state index contributed by atoms with van der Waals surface area (Å²) < 4.78 is 0. The Labute approximate surface area is 114 Å². The number of hydrogen-bond donors (Lipinski definition) is 1. The first kappa shape index (κ1) is 13.5. The molecule has 0 atom stereocenters. The van der Waals surface area contributed by atoms with E-state index in [-0.39, 0.29) is 0 Å². The van der Waals surface area contributed by atoms with Crippen molar-refractivity contribution in [3.8, 4) is 5.69 Å². The fraction of sp³-hybridized carbons (Fsp3) is 0.333. The Bertz CT molecular complexity index is 528. The molecule has 0 aliphatic carbocycles. The second-order valence-corrected chi connectivity index (χ2v) is 4.56. The monoisotopic (exact) mass is 256 g/mol. The maximum absolute atomic E-state index is 4.45. The van der Waals surface area contributed by atoms with Gasteiger partial charge in [0.25, 0.3) is 0 Å². The van der Waals surface area contributed by atoms with E-state index in [9.17, 15) is 0 Å². The molecule has 19 heavy (non-hydrogen) atoms. The summed E-state index contributed by atoms with van der Waals surface area (Å²) in [7, 11) is 0. The fourth-order valence-electron chi connectivity index (χ4n) is 1.79. The number of nitrogens with zero attached hydrogens (tertiary/aromatic N) is 3. The number of hydrogen-bond acceptors (Lipinski definition) is 3. The van der Waals surface area contributed by atoms with Gasteiger partial charge in [-0.15, -0.1) is 5.10 Å². The smallest absolute Gasteiger partial charge is 0.106 e. The van der Waals surface area contributed by atoms with E-state index in [2.05, 4.69) is 35.4 Å². The van der Waals surface area contributed by atoms with Crippen molar-refractivity contribution in [2.24, 2.45) is 0 Å². The summed E-state index contributed by atoms with van der Waals surface area (Å²) in [5, 5.41) is 12.1. The second-order valence-electron chi connectivity index (χ2n) is 4.56. The Morgan fingerprint density at radius 3 is 2.84 bits per heavy atom. The normalized spacial score (nSPS) is 11.8. The summed E-state index contributed by atoms with van der Waals surface area (Å²) in [5.41, 5.74) is 3.12. The first-order valence-corrected chi connectivity index (χ1v) is 6.65. The van der Waals surface area contributed by atoms with Gasteiger partial charge in [0.1, 0.15) is 5.69 Å². The van der Waals surface area contributed by atoms with Crippen molar-refractivity contribution in [1.29, 1.82) is 0 Å². The van der Waals surface area contributed by atoms with Crippen LogP contribution in [0.5, 0.6) is 0 Å². The van der Waals surface area contributed by atoms with E-state index in [1.54, 1.807) is 11.0 Å². The van der Waals surface area contributed by atoms with Crippen LogP contribution >= 0.6 is 0 Å². The highest BCUT2D eigenvalue weighted by Gasteiger charge is 2.00. The maximum atomic E-state index is 4.45. The third-order valence-corrected chi connectivity index (χ3v) is 2.72. The molecule has 0 unspecified atom stereocenters. The van der Waals surface area contributed by atoms with Crippen molar-refractivity contribution < 1.29 is 0 Å². The van der Waals surface area contributed by atoms with Crippen molar-refractivity contribution in [3.05, 3.63) is 47.8 Å². The predicted molar refractivity (Wildman–Crippen MR) is 78.2 cm³/mol. The van der Waals surface area contributed by atoms with E-state index in [0.29, 0.717) is 0 Å². The fourth-order valence-corrected chi connectivity index (χ4v) is 1.79. The van der Waals surface area contributed by atoms with E-state index in [1.807, 2.05) is 30.3 Å². The molecule has 0 radical (unpaired) electrons.